The van der Waals surface area contributed by atoms with Gasteiger partial charge in [-0.05, 0) is 50.2 Å². The van der Waals surface area contributed by atoms with Gasteiger partial charge in [-0.25, -0.2) is 8.42 Å². The first kappa shape index (κ1) is 21.8. The highest BCUT2D eigenvalue weighted by atomic mass is 32.2. The predicted molar refractivity (Wildman–Crippen MR) is 114 cm³/mol. The van der Waals surface area contributed by atoms with Crippen molar-refractivity contribution in [3.8, 4) is 0 Å². The summed E-state index contributed by atoms with van der Waals surface area (Å²) in [6.45, 7) is 6.05. The molecule has 2 atom stereocenters. The molecule has 2 amide bonds. The molecule has 160 valence electrons. The average molecular weight is 432 g/mol. The van der Waals surface area contributed by atoms with Crippen LogP contribution in [0.1, 0.15) is 31.1 Å². The molecule has 0 bridgehead atoms. The van der Waals surface area contributed by atoms with Crippen LogP contribution in [0.25, 0.3) is 0 Å². The van der Waals surface area contributed by atoms with Crippen molar-refractivity contribution in [2.75, 3.05) is 23.1 Å². The van der Waals surface area contributed by atoms with Crippen LogP contribution in [0.15, 0.2) is 53.4 Å². The van der Waals surface area contributed by atoms with E-state index in [2.05, 4.69) is 10.0 Å². The minimum Gasteiger partial charge on any atom is -0.372 e. The molecule has 30 heavy (non-hydrogen) atoms. The Morgan fingerprint density at radius 2 is 1.60 bits per heavy atom. The van der Waals surface area contributed by atoms with E-state index in [1.807, 2.05) is 13.8 Å². The maximum Gasteiger partial charge on any atom is 0.261 e. The number of carbonyl (C=O) groups excluding carboxylic acids is 2. The van der Waals surface area contributed by atoms with Crippen LogP contribution in [-0.4, -0.2) is 50.4 Å². The van der Waals surface area contributed by atoms with Crippen LogP contribution < -0.4 is 10.0 Å². The topological polar surface area (TPSA) is 105 Å². The Balaban J connectivity index is 1.83. The second-order valence-electron chi connectivity index (χ2n) is 7.32. The van der Waals surface area contributed by atoms with Crippen LogP contribution in [0.4, 0.5) is 11.4 Å². The van der Waals surface area contributed by atoms with E-state index in [-0.39, 0.29) is 40.2 Å². The van der Waals surface area contributed by atoms with Crippen molar-refractivity contribution in [2.45, 2.75) is 37.9 Å². The van der Waals surface area contributed by atoms with Gasteiger partial charge in [0.25, 0.3) is 15.9 Å². The lowest BCUT2D eigenvalue weighted by Crippen LogP contribution is -2.48. The Hall–Kier alpha value is -2.91. The van der Waals surface area contributed by atoms with Gasteiger partial charge < -0.3 is 15.0 Å². The van der Waals surface area contributed by atoms with E-state index in [0.717, 1.165) is 0 Å². The molecule has 2 N–H and O–H groups in total. The van der Waals surface area contributed by atoms with Gasteiger partial charge in [-0.1, -0.05) is 12.1 Å². The zero-order valence-corrected chi connectivity index (χ0v) is 17.9. The zero-order valence-electron chi connectivity index (χ0n) is 17.1. The second kappa shape index (κ2) is 8.85. The number of benzene rings is 2. The monoisotopic (exact) mass is 431 g/mol. The number of rotatable bonds is 5. The molecule has 0 aliphatic carbocycles. The van der Waals surface area contributed by atoms with E-state index in [4.69, 9.17) is 4.74 Å². The molecule has 9 heteroatoms. The third-order valence-electron chi connectivity index (χ3n) is 4.59. The summed E-state index contributed by atoms with van der Waals surface area (Å²) >= 11 is 0. The fourth-order valence-corrected chi connectivity index (χ4v) is 4.48. The van der Waals surface area contributed by atoms with Gasteiger partial charge in [0.15, 0.2) is 0 Å². The molecular formula is C21H25N3O5S. The van der Waals surface area contributed by atoms with E-state index >= 15 is 0 Å². The van der Waals surface area contributed by atoms with Crippen LogP contribution in [0.2, 0.25) is 0 Å². The number of sulfonamides is 1. The number of anilines is 2. The summed E-state index contributed by atoms with van der Waals surface area (Å²) in [6.07, 6.45) is -0.188. The molecule has 8 nitrogen and oxygen atoms in total. The van der Waals surface area contributed by atoms with E-state index in [1.54, 1.807) is 29.2 Å². The van der Waals surface area contributed by atoms with Crippen molar-refractivity contribution in [1.29, 1.82) is 0 Å². The van der Waals surface area contributed by atoms with Gasteiger partial charge in [-0.2, -0.15) is 0 Å². The van der Waals surface area contributed by atoms with Gasteiger partial charge >= 0.3 is 0 Å². The molecule has 1 heterocycles. The van der Waals surface area contributed by atoms with Crippen LogP contribution >= 0.6 is 0 Å². The molecule has 0 saturated carbocycles. The molecule has 1 aliphatic rings. The molecule has 1 fully saturated rings. The number of para-hydroxylation sites is 1. The van der Waals surface area contributed by atoms with Gasteiger partial charge in [-0.15, -0.1) is 0 Å². The number of hydrogen-bond donors (Lipinski definition) is 2. The molecule has 0 radical (unpaired) electrons. The largest absolute Gasteiger partial charge is 0.372 e. The number of morpholine rings is 1. The minimum atomic E-state index is -3.92. The quantitative estimate of drug-likeness (QED) is 0.757. The first-order chi connectivity index (χ1) is 14.2. The molecule has 0 spiro atoms. The highest BCUT2D eigenvalue weighted by Crippen LogP contribution is 2.24. The minimum absolute atomic E-state index is 0.0208. The maximum absolute atomic E-state index is 13.1. The molecule has 3 rings (SSSR count). The SMILES string of the molecule is CC(=O)Nc1ccc(S(=O)(=O)Nc2ccccc2C(=O)N2C[C@H](C)O[C@@H](C)C2)cc1. The Kier molecular flexibility index (Phi) is 6.42. The van der Waals surface area contributed by atoms with Gasteiger partial charge in [0.1, 0.15) is 0 Å². The van der Waals surface area contributed by atoms with Gasteiger partial charge in [0, 0.05) is 25.7 Å². The van der Waals surface area contributed by atoms with Crippen molar-refractivity contribution in [1.82, 2.24) is 4.90 Å². The van der Waals surface area contributed by atoms with Crippen molar-refractivity contribution in [3.63, 3.8) is 0 Å². The fraction of sp³-hybridized carbons (Fsp3) is 0.333. The van der Waals surface area contributed by atoms with E-state index in [9.17, 15) is 18.0 Å². The van der Waals surface area contributed by atoms with E-state index in [0.29, 0.717) is 18.8 Å². The summed E-state index contributed by atoms with van der Waals surface area (Å²) in [5, 5.41) is 2.59. The lowest BCUT2D eigenvalue weighted by molar-refractivity contribution is -0.114. The van der Waals surface area contributed by atoms with Gasteiger partial charge in [-0.3, -0.25) is 14.3 Å². The third kappa shape index (κ3) is 5.17. The average Bonchev–Trinajstić information content (AvgIpc) is 2.67. The Morgan fingerprint density at radius 1 is 1.00 bits per heavy atom. The first-order valence-electron chi connectivity index (χ1n) is 9.60. The molecule has 2 aromatic carbocycles. The number of amides is 2. The summed E-state index contributed by atoms with van der Waals surface area (Å²) in [6, 6.07) is 12.3. The summed E-state index contributed by atoms with van der Waals surface area (Å²) in [7, 11) is -3.92. The molecule has 0 unspecified atom stereocenters. The highest BCUT2D eigenvalue weighted by molar-refractivity contribution is 7.92. The number of ether oxygens (including phenoxy) is 1. The Labute approximate surface area is 176 Å². The van der Waals surface area contributed by atoms with Crippen LogP contribution in [0.3, 0.4) is 0 Å². The predicted octanol–water partition coefficient (Wildman–Crippen LogP) is 2.70. The number of carbonyl (C=O) groups is 2. The maximum atomic E-state index is 13.1. The van der Waals surface area contributed by atoms with Crippen molar-refractivity contribution >= 4 is 33.2 Å². The highest BCUT2D eigenvalue weighted by Gasteiger charge is 2.28. The van der Waals surface area contributed by atoms with Crippen LogP contribution in [0.5, 0.6) is 0 Å². The van der Waals surface area contributed by atoms with Crippen LogP contribution in [-0.2, 0) is 19.6 Å². The number of nitrogens with zero attached hydrogens (tertiary/aromatic N) is 1. The van der Waals surface area contributed by atoms with Gasteiger partial charge in [0.2, 0.25) is 5.91 Å². The third-order valence-corrected chi connectivity index (χ3v) is 5.98. The van der Waals surface area contributed by atoms with Gasteiger partial charge in [0.05, 0.1) is 28.4 Å². The fourth-order valence-electron chi connectivity index (χ4n) is 3.40. The molecule has 2 aromatic rings. The molecule has 1 saturated heterocycles. The Morgan fingerprint density at radius 3 is 2.20 bits per heavy atom. The van der Waals surface area contributed by atoms with Crippen molar-refractivity contribution in [3.05, 3.63) is 54.1 Å². The smallest absolute Gasteiger partial charge is 0.261 e. The van der Waals surface area contributed by atoms with Crippen molar-refractivity contribution in [2.24, 2.45) is 0 Å². The van der Waals surface area contributed by atoms with E-state index < -0.39 is 10.0 Å². The van der Waals surface area contributed by atoms with E-state index in [1.165, 1.54) is 31.2 Å². The summed E-state index contributed by atoms with van der Waals surface area (Å²) in [5.41, 5.74) is 0.977. The standard InChI is InChI=1S/C21H25N3O5S/c1-14-12-24(13-15(2)29-14)21(26)19-6-4-5-7-20(19)23-30(27,28)18-10-8-17(9-11-18)22-16(3)25/h4-11,14-15,23H,12-13H2,1-3H3,(H,22,25)/t14-,15-/m0/s1. The lowest BCUT2D eigenvalue weighted by atomic mass is 10.1. The first-order valence-corrected chi connectivity index (χ1v) is 11.1. The molecule has 0 aromatic heterocycles. The zero-order chi connectivity index (χ0) is 21.9. The number of hydrogen-bond acceptors (Lipinski definition) is 5. The normalized spacial score (nSPS) is 19.2. The Bertz CT molecular complexity index is 1030. The molecule has 1 aliphatic heterocycles. The van der Waals surface area contributed by atoms with Crippen molar-refractivity contribution < 1.29 is 22.7 Å². The number of nitrogens with one attached hydrogen (secondary N) is 2. The summed E-state index contributed by atoms with van der Waals surface area (Å²) in [4.78, 5) is 25.9. The molecular weight excluding hydrogens is 406 g/mol. The summed E-state index contributed by atoms with van der Waals surface area (Å²) in [5.74, 6) is -0.501. The lowest BCUT2D eigenvalue weighted by Gasteiger charge is -2.35. The second-order valence-corrected chi connectivity index (χ2v) is 9.01. The van der Waals surface area contributed by atoms with Crippen LogP contribution in [0, 0.1) is 0 Å². The summed E-state index contributed by atoms with van der Waals surface area (Å²) < 4.78 is 33.9.